The number of rotatable bonds is 1. The molecule has 178 valence electrons. The van der Waals surface area contributed by atoms with Crippen molar-refractivity contribution in [3.05, 3.63) is 46.3 Å². The van der Waals surface area contributed by atoms with E-state index in [2.05, 4.69) is 39.8 Å². The van der Waals surface area contributed by atoms with Gasteiger partial charge in [-0.3, -0.25) is 9.59 Å². The summed E-state index contributed by atoms with van der Waals surface area (Å²) in [6.07, 6.45) is 13.4. The van der Waals surface area contributed by atoms with Crippen LogP contribution in [-0.4, -0.2) is 24.0 Å². The summed E-state index contributed by atoms with van der Waals surface area (Å²) in [5, 5.41) is 10.3. The second-order valence-corrected chi connectivity index (χ2v) is 12.5. The van der Waals surface area contributed by atoms with Gasteiger partial charge in [-0.2, -0.15) is 0 Å². The number of hydrogen-bond donors (Lipinski definition) is 1. The molecule has 0 unspecified atom stereocenters. The molecule has 4 heteroatoms. The number of esters is 1. The fraction of sp³-hybridized carbons (Fsp3) is 0.655. The molecule has 5 rings (SSSR count). The number of hydrogen-bond acceptors (Lipinski definition) is 4. The summed E-state index contributed by atoms with van der Waals surface area (Å²) >= 11 is 0. The molecule has 0 spiro atoms. The predicted molar refractivity (Wildman–Crippen MR) is 128 cm³/mol. The average Bonchev–Trinajstić information content (AvgIpc) is 2.78. The van der Waals surface area contributed by atoms with Gasteiger partial charge in [0.2, 0.25) is 5.78 Å². The first-order valence-electron chi connectivity index (χ1n) is 12.6. The zero-order valence-electron chi connectivity index (χ0n) is 21.0. The smallest absolute Gasteiger partial charge is 0.311 e. The molecule has 0 saturated heterocycles. The lowest BCUT2D eigenvalue weighted by Crippen LogP contribution is -2.57. The molecule has 3 saturated carbocycles. The van der Waals surface area contributed by atoms with Crippen LogP contribution in [0.1, 0.15) is 79.6 Å². The molecule has 5 aliphatic carbocycles. The minimum atomic E-state index is -0.399. The lowest BCUT2D eigenvalue weighted by atomic mass is 9.39. The van der Waals surface area contributed by atoms with Crippen LogP contribution in [0.2, 0.25) is 0 Å². The van der Waals surface area contributed by atoms with Gasteiger partial charge >= 0.3 is 5.97 Å². The lowest BCUT2D eigenvalue weighted by Gasteiger charge is -2.64. The molecule has 3 fully saturated rings. The molecule has 0 heterocycles. The zero-order valence-corrected chi connectivity index (χ0v) is 21.0. The van der Waals surface area contributed by atoms with Crippen molar-refractivity contribution >= 4 is 11.8 Å². The topological polar surface area (TPSA) is 63.6 Å². The van der Waals surface area contributed by atoms with E-state index in [0.29, 0.717) is 17.4 Å². The molecular formula is C29H38O4. The highest BCUT2D eigenvalue weighted by molar-refractivity contribution is 6.06. The molecule has 6 atom stereocenters. The van der Waals surface area contributed by atoms with Crippen molar-refractivity contribution in [3.8, 4) is 0 Å². The second kappa shape index (κ2) is 6.96. The standard InChI is InChI=1S/C29H38O4/c1-17-18-7-8-23-28(4,20(18)15-22(30)24(17)31)10-9-19-21-16-27(3,25(32)33-6)12-11-26(21,2)13-14-29(19,23)5/h7-8,15,19,21,31H,9-14,16H2,1-6H3/t19-,21-,26+,27+,28-,29-/m0/s1. The van der Waals surface area contributed by atoms with E-state index in [4.69, 9.17) is 4.74 Å². The van der Waals surface area contributed by atoms with Crippen molar-refractivity contribution in [2.75, 3.05) is 7.11 Å². The second-order valence-electron chi connectivity index (χ2n) is 12.5. The Balaban J connectivity index is 1.58. The predicted octanol–water partition coefficient (Wildman–Crippen LogP) is 6.40. The van der Waals surface area contributed by atoms with E-state index >= 15 is 0 Å². The number of allylic oxidation sites excluding steroid dienone is 7. The first-order valence-corrected chi connectivity index (χ1v) is 12.6. The Hall–Kier alpha value is -2.10. The van der Waals surface area contributed by atoms with Gasteiger partial charge in [0.25, 0.3) is 0 Å². The molecule has 0 aromatic rings. The zero-order chi connectivity index (χ0) is 24.0. The Morgan fingerprint density at radius 1 is 1.03 bits per heavy atom. The molecule has 0 aliphatic heterocycles. The molecule has 0 aromatic heterocycles. The molecular weight excluding hydrogens is 412 g/mol. The molecule has 0 radical (unpaired) electrons. The van der Waals surface area contributed by atoms with Crippen LogP contribution in [0.5, 0.6) is 0 Å². The van der Waals surface area contributed by atoms with Crippen LogP contribution in [-0.2, 0) is 14.3 Å². The Bertz CT molecular complexity index is 1070. The maximum atomic E-state index is 12.7. The fourth-order valence-electron chi connectivity index (χ4n) is 8.47. The number of fused-ring (bicyclic) bond motifs is 7. The minimum absolute atomic E-state index is 0.0363. The summed E-state index contributed by atoms with van der Waals surface area (Å²) in [5.41, 5.74) is 3.94. The summed E-state index contributed by atoms with van der Waals surface area (Å²) in [7, 11) is 1.52. The quantitative estimate of drug-likeness (QED) is 0.470. The summed E-state index contributed by atoms with van der Waals surface area (Å²) in [4.78, 5) is 25.3. The summed E-state index contributed by atoms with van der Waals surface area (Å²) in [6, 6.07) is 0. The van der Waals surface area contributed by atoms with Crippen LogP contribution in [0, 0.1) is 33.5 Å². The molecule has 33 heavy (non-hydrogen) atoms. The number of ether oxygens (including phenoxy) is 1. The van der Waals surface area contributed by atoms with Gasteiger partial charge < -0.3 is 9.84 Å². The van der Waals surface area contributed by atoms with Crippen LogP contribution >= 0.6 is 0 Å². The third kappa shape index (κ3) is 2.88. The van der Waals surface area contributed by atoms with Crippen LogP contribution in [0.15, 0.2) is 46.3 Å². The molecule has 0 aromatic carbocycles. The highest BCUT2D eigenvalue weighted by Crippen LogP contribution is 2.70. The van der Waals surface area contributed by atoms with Gasteiger partial charge in [0, 0.05) is 11.0 Å². The third-order valence-electron chi connectivity index (χ3n) is 10.7. The Morgan fingerprint density at radius 3 is 2.42 bits per heavy atom. The number of methoxy groups -OCH3 is 1. The Kier molecular flexibility index (Phi) is 4.78. The van der Waals surface area contributed by atoms with E-state index in [1.165, 1.54) is 19.1 Å². The van der Waals surface area contributed by atoms with E-state index in [-0.39, 0.29) is 33.8 Å². The number of ketones is 1. The third-order valence-corrected chi connectivity index (χ3v) is 10.7. The van der Waals surface area contributed by atoms with Gasteiger partial charge in [0.15, 0.2) is 5.76 Å². The van der Waals surface area contributed by atoms with Crippen LogP contribution in [0.25, 0.3) is 0 Å². The maximum Gasteiger partial charge on any atom is 0.311 e. The largest absolute Gasteiger partial charge is 0.504 e. The minimum Gasteiger partial charge on any atom is -0.504 e. The molecule has 1 N–H and O–H groups in total. The van der Waals surface area contributed by atoms with Gasteiger partial charge in [-0.1, -0.05) is 38.5 Å². The van der Waals surface area contributed by atoms with Crippen molar-refractivity contribution in [3.63, 3.8) is 0 Å². The average molecular weight is 451 g/mol. The van der Waals surface area contributed by atoms with E-state index in [1.807, 2.05) is 6.92 Å². The van der Waals surface area contributed by atoms with Gasteiger partial charge in [-0.25, -0.2) is 0 Å². The SMILES string of the molecule is COC(=O)[C@]1(C)CC[C@]2(C)CC[C@]3(C)C4=CC=C5C(=CC(=O)C(O)=C5C)[C@]4(C)CC[C@H]3[C@@H]2C1. The van der Waals surface area contributed by atoms with Crippen molar-refractivity contribution in [1.29, 1.82) is 0 Å². The fourth-order valence-corrected chi connectivity index (χ4v) is 8.47. The molecule has 0 bridgehead atoms. The van der Waals surface area contributed by atoms with E-state index in [0.717, 1.165) is 49.7 Å². The monoisotopic (exact) mass is 450 g/mol. The van der Waals surface area contributed by atoms with Crippen molar-refractivity contribution in [2.24, 2.45) is 33.5 Å². The van der Waals surface area contributed by atoms with E-state index in [9.17, 15) is 14.7 Å². The Morgan fingerprint density at radius 2 is 1.73 bits per heavy atom. The van der Waals surface area contributed by atoms with Crippen LogP contribution < -0.4 is 0 Å². The van der Waals surface area contributed by atoms with Gasteiger partial charge in [0.1, 0.15) is 0 Å². The first kappa shape index (κ1) is 22.7. The highest BCUT2D eigenvalue weighted by atomic mass is 16.5. The summed E-state index contributed by atoms with van der Waals surface area (Å²) < 4.78 is 5.23. The van der Waals surface area contributed by atoms with Crippen molar-refractivity contribution < 1.29 is 19.4 Å². The van der Waals surface area contributed by atoms with Crippen molar-refractivity contribution in [2.45, 2.75) is 79.6 Å². The molecule has 0 amide bonds. The maximum absolute atomic E-state index is 12.7. The molecule has 5 aliphatic rings. The van der Waals surface area contributed by atoms with Crippen molar-refractivity contribution in [1.82, 2.24) is 0 Å². The van der Waals surface area contributed by atoms with Crippen LogP contribution in [0.3, 0.4) is 0 Å². The Labute approximate surface area is 197 Å². The summed E-state index contributed by atoms with van der Waals surface area (Å²) in [6.45, 7) is 11.1. The number of aliphatic hydroxyl groups excluding tert-OH is 1. The van der Waals surface area contributed by atoms with Gasteiger partial charge in [-0.15, -0.1) is 0 Å². The summed E-state index contributed by atoms with van der Waals surface area (Å²) in [5.74, 6) is 0.544. The molecule has 4 nitrogen and oxygen atoms in total. The number of carbonyl (C=O) groups excluding carboxylic acids is 2. The van der Waals surface area contributed by atoms with E-state index < -0.39 is 5.41 Å². The number of carbonyl (C=O) groups is 2. The van der Waals surface area contributed by atoms with E-state index in [1.54, 1.807) is 6.08 Å². The number of aliphatic hydroxyl groups is 1. The normalized spacial score (nSPS) is 44.4. The lowest BCUT2D eigenvalue weighted by molar-refractivity contribution is -0.164. The highest BCUT2D eigenvalue weighted by Gasteiger charge is 2.62. The van der Waals surface area contributed by atoms with Crippen LogP contribution in [0.4, 0.5) is 0 Å². The first-order chi connectivity index (χ1) is 15.4. The van der Waals surface area contributed by atoms with Gasteiger partial charge in [0.05, 0.1) is 12.5 Å². The van der Waals surface area contributed by atoms with Gasteiger partial charge in [-0.05, 0) is 98.7 Å².